The van der Waals surface area contributed by atoms with Gasteiger partial charge in [0.2, 0.25) is 5.91 Å². The minimum atomic E-state index is -1.04. The van der Waals surface area contributed by atoms with Crippen LogP contribution in [0.5, 0.6) is 0 Å². The number of carbonyl (C=O) groups excluding carboxylic acids is 1. The first kappa shape index (κ1) is 14.3. The normalized spacial score (nSPS) is 17.6. The molecule has 0 aromatic heterocycles. The Kier molecular flexibility index (Phi) is 4.82. The van der Waals surface area contributed by atoms with E-state index in [0.717, 1.165) is 6.54 Å². The number of carboxylic acid groups (broad SMARTS) is 1. The van der Waals surface area contributed by atoms with Gasteiger partial charge in [0.1, 0.15) is 6.04 Å². The van der Waals surface area contributed by atoms with Gasteiger partial charge < -0.3 is 16.2 Å². The molecular weight excluding hydrogens is 240 g/mol. The number of aliphatic carboxylic acids is 1. The second kappa shape index (κ2) is 5.73. The Morgan fingerprint density at radius 3 is 2.59 bits per heavy atom. The van der Waals surface area contributed by atoms with E-state index in [0.29, 0.717) is 5.92 Å². The lowest BCUT2D eigenvalue weighted by Crippen LogP contribution is -2.47. The van der Waals surface area contributed by atoms with Crippen molar-refractivity contribution in [3.05, 3.63) is 0 Å². The summed E-state index contributed by atoms with van der Waals surface area (Å²) in [6, 6.07) is -0.969. The first-order chi connectivity index (χ1) is 7.83. The molecule has 1 aliphatic carbocycles. The summed E-state index contributed by atoms with van der Waals surface area (Å²) in [6.45, 7) is 4.22. The van der Waals surface area contributed by atoms with Gasteiger partial charge in [0, 0.05) is 11.3 Å². The number of thioether (sulfide) groups is 1. The van der Waals surface area contributed by atoms with E-state index in [4.69, 9.17) is 10.8 Å². The summed E-state index contributed by atoms with van der Waals surface area (Å²) >= 11 is 1.28. The summed E-state index contributed by atoms with van der Waals surface area (Å²) in [6.07, 6.45) is 2.39. The van der Waals surface area contributed by atoms with Gasteiger partial charge in [-0.2, -0.15) is 0 Å². The molecule has 98 valence electrons. The van der Waals surface area contributed by atoms with Gasteiger partial charge in [-0.25, -0.2) is 0 Å². The van der Waals surface area contributed by atoms with Crippen molar-refractivity contribution in [2.75, 3.05) is 12.3 Å². The van der Waals surface area contributed by atoms with Crippen LogP contribution in [-0.4, -0.2) is 40.1 Å². The number of nitrogens with one attached hydrogen (secondary N) is 1. The molecule has 1 fully saturated rings. The molecule has 0 aromatic carbocycles. The van der Waals surface area contributed by atoms with Gasteiger partial charge in [0.25, 0.3) is 0 Å². The quantitative estimate of drug-likeness (QED) is 0.617. The van der Waals surface area contributed by atoms with Crippen molar-refractivity contribution in [1.82, 2.24) is 5.32 Å². The standard InChI is InChI=1S/C11H20N2O3S/c1-11(2,9(12)10(15)16)17-6-8(14)13-5-7-3-4-7/h7,9H,3-6,12H2,1-2H3,(H,13,14)(H,15,16)/t9-/m0/s1. The molecule has 0 aliphatic heterocycles. The fraction of sp³-hybridized carbons (Fsp3) is 0.818. The van der Waals surface area contributed by atoms with E-state index in [1.165, 1.54) is 24.6 Å². The third kappa shape index (κ3) is 4.95. The van der Waals surface area contributed by atoms with Crippen LogP contribution in [-0.2, 0) is 9.59 Å². The summed E-state index contributed by atoms with van der Waals surface area (Å²) in [5.74, 6) is -0.188. The smallest absolute Gasteiger partial charge is 0.321 e. The van der Waals surface area contributed by atoms with Gasteiger partial charge >= 0.3 is 5.97 Å². The van der Waals surface area contributed by atoms with Gasteiger partial charge in [0.15, 0.2) is 0 Å². The minimum Gasteiger partial charge on any atom is -0.480 e. The van der Waals surface area contributed by atoms with Crippen molar-refractivity contribution >= 4 is 23.6 Å². The minimum absolute atomic E-state index is 0.0486. The van der Waals surface area contributed by atoms with Gasteiger partial charge in [-0.15, -0.1) is 11.8 Å². The fourth-order valence-corrected chi connectivity index (χ4v) is 2.16. The molecule has 5 nitrogen and oxygen atoms in total. The van der Waals surface area contributed by atoms with Crippen LogP contribution >= 0.6 is 11.8 Å². The zero-order valence-electron chi connectivity index (χ0n) is 10.2. The van der Waals surface area contributed by atoms with Crippen LogP contribution in [0.4, 0.5) is 0 Å². The first-order valence-electron chi connectivity index (χ1n) is 5.72. The molecule has 1 rings (SSSR count). The SMILES string of the molecule is CC(C)(SCC(=O)NCC1CC1)[C@@H](N)C(=O)O. The van der Waals surface area contributed by atoms with E-state index in [1.807, 2.05) is 0 Å². The molecule has 0 radical (unpaired) electrons. The van der Waals surface area contributed by atoms with E-state index < -0.39 is 16.8 Å². The molecule has 4 N–H and O–H groups in total. The molecule has 1 amide bonds. The molecule has 1 saturated carbocycles. The number of hydrogen-bond acceptors (Lipinski definition) is 4. The highest BCUT2D eigenvalue weighted by Gasteiger charge is 2.33. The molecule has 0 unspecified atom stereocenters. The number of rotatable bonds is 7. The Hall–Kier alpha value is -0.750. The third-order valence-electron chi connectivity index (χ3n) is 2.88. The number of hydrogen-bond donors (Lipinski definition) is 3. The molecule has 1 aliphatic rings. The van der Waals surface area contributed by atoms with Crippen molar-refractivity contribution in [2.45, 2.75) is 37.5 Å². The topological polar surface area (TPSA) is 92.4 Å². The summed E-state index contributed by atoms with van der Waals surface area (Å²) in [5, 5.41) is 11.7. The zero-order chi connectivity index (χ0) is 13.1. The van der Waals surface area contributed by atoms with Crippen LogP contribution in [0.3, 0.4) is 0 Å². The predicted molar refractivity (Wildman–Crippen MR) is 67.9 cm³/mol. The first-order valence-corrected chi connectivity index (χ1v) is 6.70. The molecule has 6 heteroatoms. The maximum absolute atomic E-state index is 11.5. The Morgan fingerprint density at radius 2 is 2.12 bits per heavy atom. The number of nitrogens with two attached hydrogens (primary N) is 1. The number of carboxylic acids is 1. The Balaban J connectivity index is 2.26. The summed E-state index contributed by atoms with van der Waals surface area (Å²) in [5.41, 5.74) is 5.56. The maximum Gasteiger partial charge on any atom is 0.321 e. The van der Waals surface area contributed by atoms with Crippen LogP contribution < -0.4 is 11.1 Å². The summed E-state index contributed by atoms with van der Waals surface area (Å²) in [4.78, 5) is 22.3. The van der Waals surface area contributed by atoms with Crippen molar-refractivity contribution in [3.8, 4) is 0 Å². The van der Waals surface area contributed by atoms with E-state index in [9.17, 15) is 9.59 Å². The van der Waals surface area contributed by atoms with Crippen molar-refractivity contribution in [2.24, 2.45) is 11.7 Å². The van der Waals surface area contributed by atoms with Crippen LogP contribution in [0.2, 0.25) is 0 Å². The second-order valence-corrected chi connectivity index (χ2v) is 6.59. The van der Waals surface area contributed by atoms with Gasteiger partial charge in [0.05, 0.1) is 5.75 Å². The van der Waals surface area contributed by atoms with E-state index in [2.05, 4.69) is 5.32 Å². The van der Waals surface area contributed by atoms with Crippen LogP contribution in [0.15, 0.2) is 0 Å². The second-order valence-electron chi connectivity index (χ2n) is 4.96. The zero-order valence-corrected chi connectivity index (χ0v) is 11.0. The summed E-state index contributed by atoms with van der Waals surface area (Å²) < 4.78 is -0.650. The predicted octanol–water partition coefficient (Wildman–Crippen LogP) is 0.436. The highest BCUT2D eigenvalue weighted by atomic mass is 32.2. The average molecular weight is 260 g/mol. The van der Waals surface area contributed by atoms with E-state index in [-0.39, 0.29) is 11.7 Å². The molecule has 0 aromatic rings. The molecule has 0 bridgehead atoms. The maximum atomic E-state index is 11.5. The molecule has 0 spiro atoms. The lowest BCUT2D eigenvalue weighted by atomic mass is 10.1. The van der Waals surface area contributed by atoms with Crippen molar-refractivity contribution in [3.63, 3.8) is 0 Å². The molecule has 1 atom stereocenters. The van der Waals surface area contributed by atoms with Gasteiger partial charge in [-0.3, -0.25) is 9.59 Å². The number of amides is 1. The highest BCUT2D eigenvalue weighted by Crippen LogP contribution is 2.28. The largest absolute Gasteiger partial charge is 0.480 e. The van der Waals surface area contributed by atoms with Crippen LogP contribution in [0.1, 0.15) is 26.7 Å². The molecular formula is C11H20N2O3S. The molecule has 0 saturated heterocycles. The Morgan fingerprint density at radius 1 is 1.53 bits per heavy atom. The highest BCUT2D eigenvalue weighted by molar-refractivity contribution is 8.01. The van der Waals surface area contributed by atoms with Gasteiger partial charge in [-0.1, -0.05) is 0 Å². The van der Waals surface area contributed by atoms with Crippen molar-refractivity contribution in [1.29, 1.82) is 0 Å². The molecule has 0 heterocycles. The number of carbonyl (C=O) groups is 2. The Labute approximate surface area is 106 Å². The van der Waals surface area contributed by atoms with E-state index in [1.54, 1.807) is 13.8 Å². The Bertz CT molecular complexity index is 303. The van der Waals surface area contributed by atoms with E-state index >= 15 is 0 Å². The fourth-order valence-electron chi connectivity index (χ4n) is 1.27. The molecule has 17 heavy (non-hydrogen) atoms. The lowest BCUT2D eigenvalue weighted by Gasteiger charge is -2.27. The van der Waals surface area contributed by atoms with Crippen LogP contribution in [0, 0.1) is 5.92 Å². The van der Waals surface area contributed by atoms with Crippen LogP contribution in [0.25, 0.3) is 0 Å². The summed E-state index contributed by atoms with van der Waals surface area (Å²) in [7, 11) is 0. The third-order valence-corrected chi connectivity index (χ3v) is 4.28. The average Bonchev–Trinajstić information content (AvgIpc) is 3.06. The van der Waals surface area contributed by atoms with Crippen molar-refractivity contribution < 1.29 is 14.7 Å². The monoisotopic (exact) mass is 260 g/mol. The lowest BCUT2D eigenvalue weighted by molar-refractivity contribution is -0.139. The van der Waals surface area contributed by atoms with Gasteiger partial charge in [-0.05, 0) is 32.6 Å².